The minimum Gasteiger partial charge on any atom is -0.393 e. The van der Waals surface area contributed by atoms with Gasteiger partial charge in [-0.1, -0.05) is 30.0 Å². The Labute approximate surface area is 110 Å². The van der Waals surface area contributed by atoms with E-state index in [-0.39, 0.29) is 6.10 Å². The molecule has 0 spiro atoms. The molecule has 2 rings (SSSR count). The van der Waals surface area contributed by atoms with Crippen LogP contribution in [0.15, 0.2) is 30.3 Å². The summed E-state index contributed by atoms with van der Waals surface area (Å²) in [5.74, 6) is 6.89. The number of likely N-dealkylation sites (tertiary alicyclic amines) is 1. The lowest BCUT2D eigenvalue weighted by Crippen LogP contribution is -2.37. The fourth-order valence-electron chi connectivity index (χ4n) is 2.37. The predicted octanol–water partition coefficient (Wildman–Crippen LogP) is 2.13. The van der Waals surface area contributed by atoms with Crippen molar-refractivity contribution in [2.75, 3.05) is 19.6 Å². The predicted molar refractivity (Wildman–Crippen MR) is 74.2 cm³/mol. The van der Waals surface area contributed by atoms with Crippen molar-refractivity contribution in [3.8, 4) is 11.8 Å². The molecule has 0 aromatic heterocycles. The third kappa shape index (κ3) is 3.87. The number of hydrogen-bond donors (Lipinski definition) is 1. The van der Waals surface area contributed by atoms with Gasteiger partial charge in [0.15, 0.2) is 0 Å². The zero-order chi connectivity index (χ0) is 12.8. The van der Waals surface area contributed by atoms with Crippen LogP contribution in [0.25, 0.3) is 0 Å². The third-order valence-electron chi connectivity index (χ3n) is 3.62. The first kappa shape index (κ1) is 13.1. The van der Waals surface area contributed by atoms with E-state index in [0.717, 1.165) is 38.0 Å². The molecule has 1 fully saturated rings. The summed E-state index contributed by atoms with van der Waals surface area (Å²) in [4.78, 5) is 2.37. The quantitative estimate of drug-likeness (QED) is 0.804. The molecule has 96 valence electrons. The zero-order valence-corrected chi connectivity index (χ0v) is 11.0. The standard InChI is InChI=1S/C16H21NO/c1-14(18)16-9-12-17(13-10-16)11-5-8-15-6-3-2-4-7-15/h2-4,6-7,14,16,18H,9-13H2,1H3. The number of rotatable bonds is 2. The van der Waals surface area contributed by atoms with Gasteiger partial charge < -0.3 is 5.11 Å². The van der Waals surface area contributed by atoms with Crippen LogP contribution < -0.4 is 0 Å². The molecule has 1 saturated heterocycles. The van der Waals surface area contributed by atoms with E-state index in [1.54, 1.807) is 0 Å². The summed E-state index contributed by atoms with van der Waals surface area (Å²) in [6.07, 6.45) is 2.01. The Morgan fingerprint density at radius 2 is 1.94 bits per heavy atom. The van der Waals surface area contributed by atoms with Crippen LogP contribution in [0.3, 0.4) is 0 Å². The molecule has 1 aliphatic heterocycles. The molecule has 1 heterocycles. The van der Waals surface area contributed by atoms with Gasteiger partial charge in [-0.2, -0.15) is 0 Å². The van der Waals surface area contributed by atoms with E-state index in [4.69, 9.17) is 0 Å². The Hall–Kier alpha value is -1.30. The zero-order valence-electron chi connectivity index (χ0n) is 11.0. The monoisotopic (exact) mass is 243 g/mol. The van der Waals surface area contributed by atoms with Gasteiger partial charge in [0.25, 0.3) is 0 Å². The van der Waals surface area contributed by atoms with Crippen LogP contribution in [0, 0.1) is 17.8 Å². The summed E-state index contributed by atoms with van der Waals surface area (Å²) < 4.78 is 0. The molecular formula is C16H21NO. The summed E-state index contributed by atoms with van der Waals surface area (Å²) in [7, 11) is 0. The molecule has 0 radical (unpaired) electrons. The second-order valence-corrected chi connectivity index (χ2v) is 5.02. The Kier molecular flexibility index (Phi) is 4.81. The molecule has 0 saturated carbocycles. The Morgan fingerprint density at radius 1 is 1.28 bits per heavy atom. The van der Waals surface area contributed by atoms with E-state index >= 15 is 0 Å². The molecule has 1 atom stereocenters. The van der Waals surface area contributed by atoms with Gasteiger partial charge in [0.05, 0.1) is 12.6 Å². The van der Waals surface area contributed by atoms with Gasteiger partial charge in [0.2, 0.25) is 0 Å². The van der Waals surface area contributed by atoms with E-state index in [1.807, 2.05) is 37.3 Å². The first-order valence-corrected chi connectivity index (χ1v) is 6.70. The number of piperidine rings is 1. The number of nitrogens with zero attached hydrogens (tertiary/aromatic N) is 1. The average molecular weight is 243 g/mol. The Morgan fingerprint density at radius 3 is 2.56 bits per heavy atom. The highest BCUT2D eigenvalue weighted by atomic mass is 16.3. The first-order valence-electron chi connectivity index (χ1n) is 6.70. The largest absolute Gasteiger partial charge is 0.393 e. The normalized spacial score (nSPS) is 19.0. The molecule has 1 aromatic carbocycles. The highest BCUT2D eigenvalue weighted by Crippen LogP contribution is 2.19. The highest BCUT2D eigenvalue weighted by Gasteiger charge is 2.21. The van der Waals surface area contributed by atoms with Crippen molar-refractivity contribution in [3.05, 3.63) is 35.9 Å². The Bertz CT molecular complexity index is 408. The molecule has 1 aliphatic rings. The van der Waals surface area contributed by atoms with Gasteiger partial charge in [-0.3, -0.25) is 4.90 Å². The van der Waals surface area contributed by atoms with Crippen molar-refractivity contribution in [2.45, 2.75) is 25.9 Å². The summed E-state index contributed by atoms with van der Waals surface area (Å²) in [5.41, 5.74) is 1.08. The fourth-order valence-corrected chi connectivity index (χ4v) is 2.37. The van der Waals surface area contributed by atoms with Gasteiger partial charge >= 0.3 is 0 Å². The minimum absolute atomic E-state index is 0.164. The number of hydrogen-bond acceptors (Lipinski definition) is 2. The van der Waals surface area contributed by atoms with Crippen LogP contribution in [0.2, 0.25) is 0 Å². The second kappa shape index (κ2) is 6.58. The van der Waals surface area contributed by atoms with Crippen molar-refractivity contribution >= 4 is 0 Å². The molecule has 1 N–H and O–H groups in total. The molecular weight excluding hydrogens is 222 g/mol. The maximum absolute atomic E-state index is 9.54. The van der Waals surface area contributed by atoms with Crippen LogP contribution in [0.4, 0.5) is 0 Å². The summed E-state index contributed by atoms with van der Waals surface area (Å²) >= 11 is 0. The van der Waals surface area contributed by atoms with Crippen LogP contribution in [0.5, 0.6) is 0 Å². The molecule has 0 amide bonds. The molecule has 18 heavy (non-hydrogen) atoms. The molecule has 1 aromatic rings. The van der Waals surface area contributed by atoms with Crippen molar-refractivity contribution in [2.24, 2.45) is 5.92 Å². The van der Waals surface area contributed by atoms with Crippen molar-refractivity contribution in [3.63, 3.8) is 0 Å². The first-order chi connectivity index (χ1) is 8.75. The van der Waals surface area contributed by atoms with Gasteiger partial charge in [-0.25, -0.2) is 0 Å². The van der Waals surface area contributed by atoms with Crippen LogP contribution in [-0.2, 0) is 0 Å². The number of aliphatic hydroxyl groups excluding tert-OH is 1. The van der Waals surface area contributed by atoms with Crippen molar-refractivity contribution < 1.29 is 5.11 Å². The van der Waals surface area contributed by atoms with Crippen molar-refractivity contribution in [1.82, 2.24) is 4.90 Å². The average Bonchev–Trinajstić information content (AvgIpc) is 2.40. The molecule has 2 heteroatoms. The van der Waals surface area contributed by atoms with Crippen molar-refractivity contribution in [1.29, 1.82) is 0 Å². The van der Waals surface area contributed by atoms with Crippen LogP contribution >= 0.6 is 0 Å². The lowest BCUT2D eigenvalue weighted by molar-refractivity contribution is 0.0762. The van der Waals surface area contributed by atoms with E-state index in [1.165, 1.54) is 0 Å². The number of benzene rings is 1. The van der Waals surface area contributed by atoms with Gasteiger partial charge in [-0.05, 0) is 50.9 Å². The molecule has 0 aliphatic carbocycles. The fraction of sp³-hybridized carbons (Fsp3) is 0.500. The van der Waals surface area contributed by atoms with E-state index in [0.29, 0.717) is 5.92 Å². The van der Waals surface area contributed by atoms with E-state index in [9.17, 15) is 5.11 Å². The summed E-state index contributed by atoms with van der Waals surface area (Å²) in [5, 5.41) is 9.54. The lowest BCUT2D eigenvalue weighted by Gasteiger charge is -2.31. The van der Waals surface area contributed by atoms with Gasteiger partial charge in [0, 0.05) is 5.56 Å². The van der Waals surface area contributed by atoms with Crippen LogP contribution in [0.1, 0.15) is 25.3 Å². The minimum atomic E-state index is -0.164. The second-order valence-electron chi connectivity index (χ2n) is 5.02. The van der Waals surface area contributed by atoms with Crippen LogP contribution in [-0.4, -0.2) is 35.7 Å². The maximum Gasteiger partial charge on any atom is 0.0605 e. The Balaban J connectivity index is 1.78. The molecule has 1 unspecified atom stereocenters. The maximum atomic E-state index is 9.54. The third-order valence-corrected chi connectivity index (χ3v) is 3.62. The van der Waals surface area contributed by atoms with E-state index < -0.39 is 0 Å². The van der Waals surface area contributed by atoms with Gasteiger partial charge in [-0.15, -0.1) is 0 Å². The number of aliphatic hydroxyl groups is 1. The summed E-state index contributed by atoms with van der Waals surface area (Å²) in [6, 6.07) is 10.1. The smallest absolute Gasteiger partial charge is 0.0605 e. The summed E-state index contributed by atoms with van der Waals surface area (Å²) in [6.45, 7) is 4.84. The topological polar surface area (TPSA) is 23.5 Å². The lowest BCUT2D eigenvalue weighted by atomic mass is 9.92. The SMILES string of the molecule is CC(O)C1CCN(CC#Cc2ccccc2)CC1. The van der Waals surface area contributed by atoms with E-state index in [2.05, 4.69) is 16.7 Å². The van der Waals surface area contributed by atoms with Gasteiger partial charge in [0.1, 0.15) is 0 Å². The molecule has 2 nitrogen and oxygen atoms in total. The highest BCUT2D eigenvalue weighted by molar-refractivity contribution is 5.33. The molecule has 0 bridgehead atoms.